The summed E-state index contributed by atoms with van der Waals surface area (Å²) in [6.45, 7) is 9.02. The lowest BCUT2D eigenvalue weighted by molar-refractivity contribution is 0.0953. The van der Waals surface area contributed by atoms with Crippen molar-refractivity contribution in [3.63, 3.8) is 0 Å². The molecule has 4 heteroatoms. The molecule has 2 aromatic carbocycles. The molecule has 3 rings (SSSR count). The maximum absolute atomic E-state index is 12.4. The molecule has 1 saturated heterocycles. The minimum atomic E-state index is 0.00911. The molecule has 0 aliphatic carbocycles. The number of nitrogens with zero attached hydrogens (tertiary/aromatic N) is 1. The molecule has 1 aliphatic rings. The van der Waals surface area contributed by atoms with Gasteiger partial charge in [-0.25, -0.2) is 0 Å². The van der Waals surface area contributed by atoms with Crippen LogP contribution in [0, 0.1) is 5.92 Å². The zero-order chi connectivity index (χ0) is 20.5. The van der Waals surface area contributed by atoms with Crippen LogP contribution in [0.25, 0.3) is 0 Å². The molecule has 0 saturated carbocycles. The Labute approximate surface area is 175 Å². The number of benzene rings is 2. The van der Waals surface area contributed by atoms with Crippen LogP contribution in [-0.2, 0) is 13.0 Å². The second kappa shape index (κ2) is 11.0. The average molecular weight is 395 g/mol. The number of hydrogen-bond acceptors (Lipinski definition) is 3. The molecular weight excluding hydrogens is 360 g/mol. The maximum Gasteiger partial charge on any atom is 0.251 e. The molecule has 4 nitrogen and oxygen atoms in total. The van der Waals surface area contributed by atoms with Gasteiger partial charge in [-0.2, -0.15) is 0 Å². The molecule has 1 N–H and O–H groups in total. The van der Waals surface area contributed by atoms with Gasteiger partial charge >= 0.3 is 0 Å². The number of piperidine rings is 1. The van der Waals surface area contributed by atoms with Gasteiger partial charge in [0.2, 0.25) is 0 Å². The lowest BCUT2D eigenvalue weighted by atomic mass is 9.99. The largest absolute Gasteiger partial charge is 0.494 e. The molecule has 0 unspecified atom stereocenters. The number of nitrogens with one attached hydrogen (secondary N) is 1. The van der Waals surface area contributed by atoms with E-state index in [-0.39, 0.29) is 5.91 Å². The third-order valence-corrected chi connectivity index (χ3v) is 5.53. The van der Waals surface area contributed by atoms with Crippen LogP contribution in [0.5, 0.6) is 5.75 Å². The van der Waals surface area contributed by atoms with E-state index in [9.17, 15) is 4.79 Å². The first-order valence-corrected chi connectivity index (χ1v) is 10.9. The Morgan fingerprint density at radius 2 is 1.83 bits per heavy atom. The van der Waals surface area contributed by atoms with Gasteiger partial charge < -0.3 is 10.1 Å². The minimum Gasteiger partial charge on any atom is -0.494 e. The number of amides is 1. The van der Waals surface area contributed by atoms with Crippen LogP contribution in [0.4, 0.5) is 0 Å². The Hall–Kier alpha value is -2.33. The van der Waals surface area contributed by atoms with Gasteiger partial charge in [0.05, 0.1) is 6.61 Å². The predicted molar refractivity (Wildman–Crippen MR) is 118 cm³/mol. The molecule has 156 valence electrons. The van der Waals surface area contributed by atoms with Crippen molar-refractivity contribution in [2.75, 3.05) is 26.2 Å². The Bertz CT molecular complexity index is 755. The summed E-state index contributed by atoms with van der Waals surface area (Å²) in [5.74, 6) is 1.70. The lowest BCUT2D eigenvalue weighted by Crippen LogP contribution is -2.33. The van der Waals surface area contributed by atoms with Gasteiger partial charge in [0, 0.05) is 25.2 Å². The van der Waals surface area contributed by atoms with Crippen LogP contribution < -0.4 is 10.1 Å². The molecule has 0 bridgehead atoms. The van der Waals surface area contributed by atoms with Crippen molar-refractivity contribution in [2.45, 2.75) is 46.1 Å². The minimum absolute atomic E-state index is 0.00911. The van der Waals surface area contributed by atoms with Gasteiger partial charge in [-0.1, -0.05) is 31.2 Å². The summed E-state index contributed by atoms with van der Waals surface area (Å²) < 4.78 is 5.46. The molecule has 1 heterocycles. The number of carbonyl (C=O) groups excluding carboxylic acids is 1. The van der Waals surface area contributed by atoms with E-state index in [2.05, 4.69) is 41.4 Å². The number of hydrogen-bond donors (Lipinski definition) is 1. The molecule has 1 atom stereocenters. The van der Waals surface area contributed by atoms with Crippen LogP contribution in [0.15, 0.2) is 48.5 Å². The summed E-state index contributed by atoms with van der Waals surface area (Å²) in [6.07, 6.45) is 4.50. The topological polar surface area (TPSA) is 41.6 Å². The first-order chi connectivity index (χ1) is 14.1. The Kier molecular flexibility index (Phi) is 8.12. The molecule has 1 fully saturated rings. The van der Waals surface area contributed by atoms with Crippen LogP contribution in [0.3, 0.4) is 0 Å². The summed E-state index contributed by atoms with van der Waals surface area (Å²) in [6, 6.07) is 16.3. The molecular formula is C25H34N2O2. The van der Waals surface area contributed by atoms with Gasteiger partial charge in [0.25, 0.3) is 5.91 Å². The highest BCUT2D eigenvalue weighted by Crippen LogP contribution is 2.18. The second-order valence-corrected chi connectivity index (χ2v) is 8.12. The van der Waals surface area contributed by atoms with Crippen LogP contribution in [-0.4, -0.2) is 37.0 Å². The lowest BCUT2D eigenvalue weighted by Gasteiger charge is -2.30. The fourth-order valence-corrected chi connectivity index (χ4v) is 3.97. The van der Waals surface area contributed by atoms with Gasteiger partial charge in [-0.15, -0.1) is 0 Å². The number of ether oxygens (including phenoxy) is 1. The van der Waals surface area contributed by atoms with Gasteiger partial charge in [-0.05, 0) is 80.5 Å². The molecule has 1 amide bonds. The average Bonchev–Trinajstić information content (AvgIpc) is 2.73. The Morgan fingerprint density at radius 3 is 2.52 bits per heavy atom. The molecule has 1 aliphatic heterocycles. The number of aryl methyl sites for hydroxylation is 1. The van der Waals surface area contributed by atoms with Gasteiger partial charge in [-0.3, -0.25) is 9.69 Å². The number of carbonyl (C=O) groups is 1. The maximum atomic E-state index is 12.4. The highest BCUT2D eigenvalue weighted by Gasteiger charge is 2.16. The van der Waals surface area contributed by atoms with Crippen molar-refractivity contribution in [3.05, 3.63) is 65.2 Å². The molecule has 29 heavy (non-hydrogen) atoms. The van der Waals surface area contributed by atoms with E-state index in [0.29, 0.717) is 13.2 Å². The standard InChI is InChI=1S/C25H34N2O2/c1-3-29-24-14-10-21(11-15-24)7-4-16-26-25(28)23-12-8-22(9-13-23)19-27-17-5-6-20(2)18-27/h8-15,20H,3-7,16-19H2,1-2H3,(H,26,28)/t20-/m0/s1. The molecule has 0 spiro atoms. The monoisotopic (exact) mass is 394 g/mol. The zero-order valence-electron chi connectivity index (χ0n) is 17.8. The van der Waals surface area contributed by atoms with Crippen LogP contribution in [0.2, 0.25) is 0 Å². The van der Waals surface area contributed by atoms with Crippen molar-refractivity contribution >= 4 is 5.91 Å². The quantitative estimate of drug-likeness (QED) is 0.628. The second-order valence-electron chi connectivity index (χ2n) is 8.12. The molecule has 0 radical (unpaired) electrons. The highest BCUT2D eigenvalue weighted by molar-refractivity contribution is 5.94. The van der Waals surface area contributed by atoms with Gasteiger partial charge in [0.15, 0.2) is 0 Å². The predicted octanol–water partition coefficient (Wildman–Crippen LogP) is 4.68. The van der Waals surface area contributed by atoms with E-state index in [1.54, 1.807) is 0 Å². The third kappa shape index (κ3) is 6.90. The normalized spacial score (nSPS) is 17.1. The summed E-state index contributed by atoms with van der Waals surface area (Å²) in [4.78, 5) is 14.9. The first kappa shape index (κ1) is 21.4. The first-order valence-electron chi connectivity index (χ1n) is 10.9. The van der Waals surface area contributed by atoms with Crippen LogP contribution in [0.1, 0.15) is 54.6 Å². The van der Waals surface area contributed by atoms with Gasteiger partial charge in [0.1, 0.15) is 5.75 Å². The van der Waals surface area contributed by atoms with E-state index >= 15 is 0 Å². The van der Waals surface area contributed by atoms with E-state index in [0.717, 1.165) is 36.6 Å². The van der Waals surface area contributed by atoms with E-state index < -0.39 is 0 Å². The van der Waals surface area contributed by atoms with E-state index in [1.165, 1.54) is 37.1 Å². The summed E-state index contributed by atoms with van der Waals surface area (Å²) in [5, 5.41) is 3.03. The van der Waals surface area contributed by atoms with Crippen molar-refractivity contribution in [3.8, 4) is 5.75 Å². The summed E-state index contributed by atoms with van der Waals surface area (Å²) >= 11 is 0. The number of likely N-dealkylation sites (tertiary alicyclic amines) is 1. The van der Waals surface area contributed by atoms with Crippen molar-refractivity contribution in [2.24, 2.45) is 5.92 Å². The smallest absolute Gasteiger partial charge is 0.251 e. The Morgan fingerprint density at radius 1 is 1.10 bits per heavy atom. The molecule has 0 aromatic heterocycles. The SMILES string of the molecule is CCOc1ccc(CCCNC(=O)c2ccc(CN3CCC[C@H](C)C3)cc2)cc1. The fourth-order valence-electron chi connectivity index (χ4n) is 3.97. The third-order valence-electron chi connectivity index (χ3n) is 5.53. The zero-order valence-corrected chi connectivity index (χ0v) is 17.8. The fraction of sp³-hybridized carbons (Fsp3) is 0.480. The number of rotatable bonds is 9. The van der Waals surface area contributed by atoms with Crippen molar-refractivity contribution < 1.29 is 9.53 Å². The molecule has 2 aromatic rings. The van der Waals surface area contributed by atoms with Crippen molar-refractivity contribution in [1.82, 2.24) is 10.2 Å². The summed E-state index contributed by atoms with van der Waals surface area (Å²) in [7, 11) is 0. The van der Waals surface area contributed by atoms with Crippen molar-refractivity contribution in [1.29, 1.82) is 0 Å². The highest BCUT2D eigenvalue weighted by atomic mass is 16.5. The van der Waals surface area contributed by atoms with Crippen LogP contribution >= 0.6 is 0 Å². The van der Waals surface area contributed by atoms with E-state index in [1.807, 2.05) is 31.2 Å². The Balaban J connectivity index is 1.39. The van der Waals surface area contributed by atoms with E-state index in [4.69, 9.17) is 4.74 Å². The summed E-state index contributed by atoms with van der Waals surface area (Å²) in [5.41, 5.74) is 3.28.